The Morgan fingerprint density at radius 2 is 1.41 bits per heavy atom. The van der Waals surface area contributed by atoms with Crippen molar-refractivity contribution in [3.05, 3.63) is 137 Å². The number of nitrogens with zero attached hydrogens (tertiary/aromatic N) is 9. The highest BCUT2D eigenvalue weighted by atomic mass is 19.3. The Kier molecular flexibility index (Phi) is 9.15. The maximum Gasteiger partial charge on any atom is 0.332 e. The minimum Gasteiger partial charge on any atom is -0.368 e. The van der Waals surface area contributed by atoms with Gasteiger partial charge in [-0.1, -0.05) is 24.3 Å². The van der Waals surface area contributed by atoms with Crippen molar-refractivity contribution in [2.45, 2.75) is 38.3 Å². The van der Waals surface area contributed by atoms with Crippen LogP contribution in [-0.4, -0.2) is 60.5 Å². The maximum absolute atomic E-state index is 16.0. The second-order valence-corrected chi connectivity index (χ2v) is 12.8. The smallest absolute Gasteiger partial charge is 0.332 e. The molecule has 0 spiro atoms. The number of imidazole rings is 1. The molecule has 0 aliphatic carbocycles. The molecular formula is C37H35F4N9O. The summed E-state index contributed by atoms with van der Waals surface area (Å²) in [7, 11) is 0. The molecule has 4 heterocycles. The minimum absolute atomic E-state index is 0.0600. The summed E-state index contributed by atoms with van der Waals surface area (Å²) in [6.07, 6.45) is 6.12. The summed E-state index contributed by atoms with van der Waals surface area (Å²) in [5.74, 6) is -7.36. The SMILES string of the molecule is CC(C)n1ccn(-c2ccc(N3CCN(c4ccc(-c5ccc(C(F)(F)[C@H](Cn6cnnn6)c6ccc(F)cc6F)nc5)cc4)CC3)cc2)c1=O. The molecule has 0 N–H and O–H groups in total. The standard InChI is InChI=1S/C37H35F4N9O/c1-25(2)49-19-20-50(36(49)51)31-11-9-30(10-12-31)47-17-15-46(16-18-47)29-7-3-26(4-8-29)27-5-14-35(42-22-27)37(40,41)33(23-48-24-43-44-45-48)32-13-6-28(38)21-34(32)39/h3-14,19-22,24-25,33H,15-18,23H2,1-2H3/t33-/m1/s1. The van der Waals surface area contributed by atoms with Gasteiger partial charge in [-0.25, -0.2) is 18.3 Å². The van der Waals surface area contributed by atoms with Crippen LogP contribution >= 0.6 is 0 Å². The summed E-state index contributed by atoms with van der Waals surface area (Å²) < 4.78 is 64.8. The van der Waals surface area contributed by atoms with E-state index in [0.29, 0.717) is 11.6 Å². The quantitative estimate of drug-likeness (QED) is 0.152. The molecule has 3 aromatic heterocycles. The number of benzene rings is 3. The van der Waals surface area contributed by atoms with Crippen molar-refractivity contribution in [1.82, 2.24) is 34.3 Å². The van der Waals surface area contributed by atoms with E-state index in [0.717, 1.165) is 71.9 Å². The van der Waals surface area contributed by atoms with Gasteiger partial charge in [-0.3, -0.25) is 14.1 Å². The first-order valence-electron chi connectivity index (χ1n) is 16.6. The summed E-state index contributed by atoms with van der Waals surface area (Å²) >= 11 is 0. The van der Waals surface area contributed by atoms with Crippen molar-refractivity contribution in [3.63, 3.8) is 0 Å². The summed E-state index contributed by atoms with van der Waals surface area (Å²) in [5.41, 5.74) is 3.42. The first-order valence-corrected chi connectivity index (χ1v) is 16.6. The number of tetrazole rings is 1. The van der Waals surface area contributed by atoms with E-state index in [-0.39, 0.29) is 17.3 Å². The molecule has 1 aliphatic rings. The van der Waals surface area contributed by atoms with E-state index in [9.17, 15) is 13.6 Å². The number of halogens is 4. The van der Waals surface area contributed by atoms with Gasteiger partial charge < -0.3 is 9.80 Å². The predicted molar refractivity (Wildman–Crippen MR) is 185 cm³/mol. The number of hydrogen-bond acceptors (Lipinski definition) is 7. The molecule has 262 valence electrons. The highest BCUT2D eigenvalue weighted by Gasteiger charge is 2.45. The van der Waals surface area contributed by atoms with Crippen molar-refractivity contribution in [1.29, 1.82) is 0 Å². The fraction of sp³-hybridized carbons (Fsp3) is 0.270. The fourth-order valence-corrected chi connectivity index (χ4v) is 6.48. The van der Waals surface area contributed by atoms with Crippen LogP contribution in [-0.2, 0) is 12.5 Å². The first kappa shape index (κ1) is 33.7. The molecule has 6 aromatic rings. The fourth-order valence-electron chi connectivity index (χ4n) is 6.48. The number of hydrogen-bond donors (Lipinski definition) is 0. The van der Waals surface area contributed by atoms with Crippen molar-refractivity contribution < 1.29 is 17.6 Å². The topological polar surface area (TPSA) is 89.9 Å². The van der Waals surface area contributed by atoms with Crippen LogP contribution in [0.3, 0.4) is 0 Å². The Hall–Kier alpha value is -5.79. The predicted octanol–water partition coefficient (Wildman–Crippen LogP) is 6.45. The molecule has 0 unspecified atom stereocenters. The van der Waals surface area contributed by atoms with E-state index < -0.39 is 35.7 Å². The molecule has 3 aromatic carbocycles. The van der Waals surface area contributed by atoms with Crippen LogP contribution in [0.2, 0.25) is 0 Å². The zero-order valence-corrected chi connectivity index (χ0v) is 28.0. The van der Waals surface area contributed by atoms with Crippen LogP contribution in [0.25, 0.3) is 16.8 Å². The van der Waals surface area contributed by atoms with Crippen molar-refractivity contribution in [2.75, 3.05) is 36.0 Å². The van der Waals surface area contributed by atoms with Gasteiger partial charge in [0.2, 0.25) is 0 Å². The molecule has 1 saturated heterocycles. The monoisotopic (exact) mass is 697 g/mol. The molecule has 14 heteroatoms. The Balaban J connectivity index is 1.00. The molecule has 0 radical (unpaired) electrons. The zero-order valence-electron chi connectivity index (χ0n) is 28.0. The van der Waals surface area contributed by atoms with Gasteiger partial charge in [0.1, 0.15) is 23.7 Å². The number of aromatic nitrogens is 7. The third kappa shape index (κ3) is 6.85. The number of anilines is 2. The van der Waals surface area contributed by atoms with Crippen molar-refractivity contribution in [2.24, 2.45) is 0 Å². The molecule has 0 bridgehead atoms. The molecule has 1 fully saturated rings. The van der Waals surface area contributed by atoms with Crippen LogP contribution in [0.5, 0.6) is 0 Å². The molecule has 1 atom stereocenters. The average Bonchev–Trinajstić information content (AvgIpc) is 3.81. The van der Waals surface area contributed by atoms with Crippen LogP contribution in [0, 0.1) is 11.6 Å². The summed E-state index contributed by atoms with van der Waals surface area (Å²) in [6, 6.07) is 21.3. The van der Waals surface area contributed by atoms with E-state index in [1.807, 2.05) is 62.4 Å². The number of rotatable bonds is 10. The van der Waals surface area contributed by atoms with Gasteiger partial charge in [-0.15, -0.1) is 5.10 Å². The second kappa shape index (κ2) is 13.8. The highest BCUT2D eigenvalue weighted by Crippen LogP contribution is 2.43. The van der Waals surface area contributed by atoms with Crippen LogP contribution in [0.1, 0.15) is 37.1 Å². The molecule has 10 nitrogen and oxygen atoms in total. The zero-order chi connectivity index (χ0) is 35.7. The molecular weight excluding hydrogens is 662 g/mol. The van der Waals surface area contributed by atoms with Gasteiger partial charge >= 0.3 is 5.69 Å². The van der Waals surface area contributed by atoms with E-state index in [4.69, 9.17) is 0 Å². The van der Waals surface area contributed by atoms with Gasteiger partial charge in [0.15, 0.2) is 0 Å². The van der Waals surface area contributed by atoms with E-state index in [1.54, 1.807) is 27.6 Å². The first-order chi connectivity index (χ1) is 24.6. The normalized spacial score (nSPS) is 14.3. The van der Waals surface area contributed by atoms with Crippen LogP contribution in [0.15, 0.2) is 109 Å². The third-order valence-electron chi connectivity index (χ3n) is 9.34. The molecule has 51 heavy (non-hydrogen) atoms. The Morgan fingerprint density at radius 3 is 1.96 bits per heavy atom. The lowest BCUT2D eigenvalue weighted by molar-refractivity contribution is -0.0455. The van der Waals surface area contributed by atoms with E-state index >= 15 is 8.78 Å². The Bertz CT molecular complexity index is 2140. The second-order valence-electron chi connectivity index (χ2n) is 12.8. The van der Waals surface area contributed by atoms with Crippen LogP contribution in [0.4, 0.5) is 28.9 Å². The molecule has 0 amide bonds. The van der Waals surface area contributed by atoms with Crippen molar-refractivity contribution >= 4 is 11.4 Å². The summed E-state index contributed by atoms with van der Waals surface area (Å²) in [4.78, 5) is 21.4. The average molecular weight is 698 g/mol. The lowest BCUT2D eigenvalue weighted by atomic mass is 9.89. The van der Waals surface area contributed by atoms with Crippen molar-refractivity contribution in [3.8, 4) is 16.8 Å². The Labute approximate surface area is 291 Å². The maximum atomic E-state index is 16.0. The van der Waals surface area contributed by atoms with Crippen LogP contribution < -0.4 is 15.5 Å². The molecule has 0 saturated carbocycles. The lowest BCUT2D eigenvalue weighted by Crippen LogP contribution is -2.46. The van der Waals surface area contributed by atoms with Gasteiger partial charge in [0.05, 0.1) is 18.2 Å². The largest absolute Gasteiger partial charge is 0.368 e. The number of piperazine rings is 1. The lowest BCUT2D eigenvalue weighted by Gasteiger charge is -2.37. The summed E-state index contributed by atoms with van der Waals surface area (Å²) in [5, 5.41) is 10.6. The Morgan fingerprint density at radius 1 is 0.784 bits per heavy atom. The van der Waals surface area contributed by atoms with E-state index in [1.165, 1.54) is 12.3 Å². The van der Waals surface area contributed by atoms with E-state index in [2.05, 4.69) is 30.3 Å². The summed E-state index contributed by atoms with van der Waals surface area (Å²) in [6.45, 7) is 6.76. The van der Waals surface area contributed by atoms with Gasteiger partial charge in [-0.2, -0.15) is 8.78 Å². The molecule has 1 aliphatic heterocycles. The van der Waals surface area contributed by atoms with Gasteiger partial charge in [-0.05, 0) is 83.9 Å². The third-order valence-corrected chi connectivity index (χ3v) is 9.34. The highest BCUT2D eigenvalue weighted by molar-refractivity contribution is 5.66. The number of pyridine rings is 1. The van der Waals surface area contributed by atoms with Gasteiger partial charge in [0.25, 0.3) is 5.92 Å². The number of alkyl halides is 2. The minimum atomic E-state index is -3.64. The van der Waals surface area contributed by atoms with Gasteiger partial charge in [0, 0.05) is 73.8 Å². The molecule has 7 rings (SSSR count).